The number of aliphatic hydroxyl groups excluding tert-OH is 1. The van der Waals surface area contributed by atoms with Crippen LogP contribution < -0.4 is 4.74 Å². The molecule has 5 atom stereocenters. The molecule has 5 rings (SSSR count). The van der Waals surface area contributed by atoms with Crippen LogP contribution in [0.5, 0.6) is 5.75 Å². The van der Waals surface area contributed by atoms with Crippen molar-refractivity contribution in [2.45, 2.75) is 25.0 Å². The van der Waals surface area contributed by atoms with Gasteiger partial charge in [-0.15, -0.1) is 6.58 Å². The monoisotopic (exact) mass is 548 g/mol. The molecule has 0 amide bonds. The van der Waals surface area contributed by atoms with E-state index in [0.29, 0.717) is 11.8 Å². The second kappa shape index (κ2) is 18.0. The standard InChI is InChI=1S/C20H24N2O2.H2O4S.7H2O/c1-3-13-12-22-9-7-14(13)10-19(22)20(23)16-6-8-21-18-5-4-15(24-2)11-17(16)18;1-5(2,3)4;;;;;;;/h3-6,8,11,13-14,19-20,23H,1,7,9-10,12H2,2H3;(H2,1,2,3,4);7*1H2/t13-,14+,19+,20-;;;;;;;;/m1......../s1. The molecule has 2 bridgehead atoms. The van der Waals surface area contributed by atoms with E-state index in [1.54, 1.807) is 13.3 Å². The van der Waals surface area contributed by atoms with Gasteiger partial charge in [0.2, 0.25) is 0 Å². The van der Waals surface area contributed by atoms with Gasteiger partial charge in [0.15, 0.2) is 0 Å². The molecule has 3 aliphatic rings. The first-order valence-electron chi connectivity index (χ1n) is 9.38. The minimum Gasteiger partial charge on any atom is -0.497 e. The molecule has 4 heterocycles. The van der Waals surface area contributed by atoms with Crippen molar-refractivity contribution in [2.24, 2.45) is 11.8 Å². The average molecular weight is 549 g/mol. The number of ether oxygens (including phenoxy) is 1. The Balaban J connectivity index is -0.000000246. The van der Waals surface area contributed by atoms with E-state index in [4.69, 9.17) is 22.3 Å². The van der Waals surface area contributed by atoms with Crippen LogP contribution in [0.25, 0.3) is 10.9 Å². The molecule has 2 aromatic rings. The van der Waals surface area contributed by atoms with Gasteiger partial charge < -0.3 is 48.2 Å². The van der Waals surface area contributed by atoms with Gasteiger partial charge in [0.25, 0.3) is 0 Å². The van der Waals surface area contributed by atoms with E-state index in [9.17, 15) is 5.11 Å². The van der Waals surface area contributed by atoms with Crippen LogP contribution in [0.4, 0.5) is 0 Å². The SMILES string of the molecule is C=C[C@@H]1CN2CC[C@H]1C[C@H]2[C@H](O)c1ccnc2ccc(OC)cc12.O.O.O.O.O.O.O.O=S(=O)(O)O. The lowest BCUT2D eigenvalue weighted by Crippen LogP contribution is -2.54. The number of methoxy groups -OCH3 is 1. The third-order valence-corrected chi connectivity index (χ3v) is 5.82. The minimum absolute atomic E-state index is 0. The zero-order valence-corrected chi connectivity index (χ0v) is 20.5. The quantitative estimate of drug-likeness (QED) is 0.256. The molecule has 0 aliphatic carbocycles. The number of pyridine rings is 1. The summed E-state index contributed by atoms with van der Waals surface area (Å²) in [5.41, 5.74) is 1.85. The second-order valence-electron chi connectivity index (χ2n) is 7.42. The van der Waals surface area contributed by atoms with Crippen LogP contribution in [0.3, 0.4) is 0 Å². The number of hydrogen-bond donors (Lipinski definition) is 3. The summed E-state index contributed by atoms with van der Waals surface area (Å²) in [6, 6.07) is 7.96. The van der Waals surface area contributed by atoms with Crippen molar-refractivity contribution in [1.82, 2.24) is 9.88 Å². The number of benzene rings is 1. The van der Waals surface area contributed by atoms with Crippen molar-refractivity contribution in [3.63, 3.8) is 0 Å². The molecule has 0 radical (unpaired) electrons. The number of piperidine rings is 3. The molecule has 36 heavy (non-hydrogen) atoms. The van der Waals surface area contributed by atoms with E-state index in [1.165, 1.54) is 6.42 Å². The summed E-state index contributed by atoms with van der Waals surface area (Å²) in [6.45, 7) is 6.07. The number of fused-ring (bicyclic) bond motifs is 4. The molecule has 1 aromatic carbocycles. The molecule has 16 heteroatoms. The molecule has 1 aromatic heterocycles. The maximum absolute atomic E-state index is 11.2. The molecule has 0 spiro atoms. The first-order chi connectivity index (χ1) is 13.7. The Bertz CT molecular complexity index is 985. The Morgan fingerprint density at radius 1 is 1.11 bits per heavy atom. The summed E-state index contributed by atoms with van der Waals surface area (Å²) >= 11 is 0. The molecular formula is C20H40N2O13S. The Kier molecular flexibility index (Phi) is 21.9. The Morgan fingerprint density at radius 3 is 2.17 bits per heavy atom. The Hall–Kier alpha value is -2.32. The summed E-state index contributed by atoms with van der Waals surface area (Å²) in [5, 5.41) is 12.1. The fourth-order valence-electron chi connectivity index (χ4n) is 4.44. The number of aromatic nitrogens is 1. The van der Waals surface area contributed by atoms with E-state index in [2.05, 4.69) is 22.5 Å². The van der Waals surface area contributed by atoms with Crippen LogP contribution in [0.2, 0.25) is 0 Å². The summed E-state index contributed by atoms with van der Waals surface area (Å²) in [5.74, 6) is 2.01. The second-order valence-corrected chi connectivity index (χ2v) is 8.32. The zero-order valence-electron chi connectivity index (χ0n) is 19.7. The van der Waals surface area contributed by atoms with Gasteiger partial charge >= 0.3 is 10.4 Å². The van der Waals surface area contributed by atoms with Crippen molar-refractivity contribution in [2.75, 3.05) is 20.2 Å². The molecular weight excluding hydrogens is 508 g/mol. The smallest absolute Gasteiger partial charge is 0.394 e. The van der Waals surface area contributed by atoms with Crippen molar-refractivity contribution in [3.05, 3.63) is 48.7 Å². The van der Waals surface area contributed by atoms with Gasteiger partial charge in [0.1, 0.15) is 5.75 Å². The minimum atomic E-state index is -4.67. The number of nitrogens with zero attached hydrogens (tertiary/aromatic N) is 2. The lowest BCUT2D eigenvalue weighted by Gasteiger charge is -2.50. The Labute approximate surface area is 208 Å². The normalized spacial score (nSPS) is 21.8. The van der Waals surface area contributed by atoms with Gasteiger partial charge in [-0.1, -0.05) is 6.08 Å². The highest BCUT2D eigenvalue weighted by Gasteiger charge is 2.42. The van der Waals surface area contributed by atoms with Crippen molar-refractivity contribution >= 4 is 21.3 Å². The summed E-state index contributed by atoms with van der Waals surface area (Å²) in [7, 11) is -3.01. The summed E-state index contributed by atoms with van der Waals surface area (Å²) < 4.78 is 36.9. The van der Waals surface area contributed by atoms with Gasteiger partial charge in [-0.05, 0) is 61.1 Å². The van der Waals surface area contributed by atoms with Crippen LogP contribution in [0.15, 0.2) is 43.1 Å². The third kappa shape index (κ3) is 10.3. The Morgan fingerprint density at radius 2 is 1.69 bits per heavy atom. The first-order valence-corrected chi connectivity index (χ1v) is 10.8. The predicted octanol–water partition coefficient (Wildman–Crippen LogP) is -3.25. The lowest BCUT2D eigenvalue weighted by molar-refractivity contribution is -0.0444. The summed E-state index contributed by atoms with van der Waals surface area (Å²) in [6.07, 6.45) is 5.62. The largest absolute Gasteiger partial charge is 0.497 e. The highest BCUT2D eigenvalue weighted by molar-refractivity contribution is 7.79. The van der Waals surface area contributed by atoms with E-state index in [0.717, 1.165) is 41.7 Å². The molecule has 3 fully saturated rings. The number of aliphatic hydroxyl groups is 1. The topological polar surface area (TPSA) is 341 Å². The highest BCUT2D eigenvalue weighted by Crippen LogP contribution is 2.42. The predicted molar refractivity (Wildman–Crippen MR) is 135 cm³/mol. The van der Waals surface area contributed by atoms with Crippen LogP contribution in [0.1, 0.15) is 24.5 Å². The van der Waals surface area contributed by atoms with Crippen molar-refractivity contribution in [3.8, 4) is 5.75 Å². The third-order valence-electron chi connectivity index (χ3n) is 5.82. The van der Waals surface area contributed by atoms with Gasteiger partial charge in [0.05, 0.1) is 18.7 Å². The van der Waals surface area contributed by atoms with E-state index in [-0.39, 0.29) is 44.4 Å². The van der Waals surface area contributed by atoms with Crippen molar-refractivity contribution in [1.29, 1.82) is 0 Å². The van der Waals surface area contributed by atoms with Crippen molar-refractivity contribution < 1.29 is 65.7 Å². The number of hydrogen-bond acceptors (Lipinski definition) is 6. The highest BCUT2D eigenvalue weighted by atomic mass is 32.3. The fourth-order valence-corrected chi connectivity index (χ4v) is 4.44. The first kappa shape index (κ1) is 43.7. The molecule has 0 saturated carbocycles. The molecule has 1 unspecified atom stereocenters. The molecule has 3 aliphatic heterocycles. The summed E-state index contributed by atoms with van der Waals surface area (Å²) in [4.78, 5) is 6.86. The molecule has 17 N–H and O–H groups in total. The fraction of sp³-hybridized carbons (Fsp3) is 0.450. The molecule has 214 valence electrons. The van der Waals surface area contributed by atoms with Gasteiger partial charge in [-0.2, -0.15) is 8.42 Å². The maximum atomic E-state index is 11.2. The van der Waals surface area contributed by atoms with Crippen LogP contribution in [0, 0.1) is 11.8 Å². The van der Waals surface area contributed by atoms with E-state index in [1.807, 2.05) is 24.3 Å². The van der Waals surface area contributed by atoms with E-state index >= 15 is 0 Å². The van der Waals surface area contributed by atoms with Gasteiger partial charge in [-0.3, -0.25) is 19.0 Å². The van der Waals surface area contributed by atoms with Crippen LogP contribution in [-0.4, -0.2) is 97.1 Å². The molecule has 3 saturated heterocycles. The molecule has 15 nitrogen and oxygen atoms in total. The zero-order chi connectivity index (χ0) is 21.2. The lowest BCUT2D eigenvalue weighted by atomic mass is 9.73. The average Bonchev–Trinajstić information content (AvgIpc) is 2.71. The van der Waals surface area contributed by atoms with Gasteiger partial charge in [0, 0.05) is 24.2 Å². The van der Waals surface area contributed by atoms with Crippen LogP contribution >= 0.6 is 0 Å². The maximum Gasteiger partial charge on any atom is 0.394 e. The number of rotatable bonds is 4. The van der Waals surface area contributed by atoms with Crippen LogP contribution in [-0.2, 0) is 10.4 Å². The van der Waals surface area contributed by atoms with Gasteiger partial charge in [-0.25, -0.2) is 0 Å². The van der Waals surface area contributed by atoms with E-state index < -0.39 is 16.5 Å².